The number of rotatable bonds is 6. The summed E-state index contributed by atoms with van der Waals surface area (Å²) in [7, 11) is 1.68. The Hall–Kier alpha value is -2.17. The number of allylic oxidation sites excluding steroid dienone is 1. The third-order valence-electron chi connectivity index (χ3n) is 6.04. The third kappa shape index (κ3) is 4.88. The fourth-order valence-corrected chi connectivity index (χ4v) is 4.44. The van der Waals surface area contributed by atoms with Gasteiger partial charge in [-0.05, 0) is 83.9 Å². The van der Waals surface area contributed by atoms with Gasteiger partial charge in [-0.15, -0.1) is 0 Å². The van der Waals surface area contributed by atoms with Crippen molar-refractivity contribution in [2.24, 2.45) is 0 Å². The van der Waals surface area contributed by atoms with E-state index in [1.807, 2.05) is 26.8 Å². The molecule has 0 radical (unpaired) electrons. The molecule has 2 aliphatic rings. The van der Waals surface area contributed by atoms with Crippen molar-refractivity contribution in [1.29, 1.82) is 0 Å². The van der Waals surface area contributed by atoms with E-state index >= 15 is 0 Å². The Labute approximate surface area is 174 Å². The summed E-state index contributed by atoms with van der Waals surface area (Å²) in [4.78, 5) is 12.1. The monoisotopic (exact) mass is 401 g/mol. The zero-order valence-corrected chi connectivity index (χ0v) is 18.5. The van der Waals surface area contributed by atoms with Crippen LogP contribution in [0.3, 0.4) is 0 Å². The molecule has 29 heavy (non-hydrogen) atoms. The lowest BCUT2D eigenvalue weighted by Gasteiger charge is -2.49. The van der Waals surface area contributed by atoms with Gasteiger partial charge in [-0.2, -0.15) is 0 Å². The molecule has 1 amide bonds. The highest BCUT2D eigenvalue weighted by Crippen LogP contribution is 2.50. The van der Waals surface area contributed by atoms with Gasteiger partial charge in [0.1, 0.15) is 5.60 Å². The van der Waals surface area contributed by atoms with Crippen molar-refractivity contribution in [3.05, 3.63) is 35.9 Å². The normalized spacial score (nSPS) is 24.5. The fourth-order valence-electron chi connectivity index (χ4n) is 4.44. The Morgan fingerprint density at radius 2 is 1.83 bits per heavy atom. The molecular formula is C24H35NO4. The van der Waals surface area contributed by atoms with Crippen molar-refractivity contribution in [3.63, 3.8) is 0 Å². The first-order valence-electron chi connectivity index (χ1n) is 10.6. The van der Waals surface area contributed by atoms with Crippen LogP contribution in [0.25, 0.3) is 0 Å². The molecule has 1 aromatic carbocycles. The summed E-state index contributed by atoms with van der Waals surface area (Å²) >= 11 is 0. The number of carbonyl (C=O) groups excluding carboxylic acids is 1. The number of hydrogen-bond donors (Lipinski definition) is 1. The van der Waals surface area contributed by atoms with E-state index in [1.54, 1.807) is 7.11 Å². The van der Waals surface area contributed by atoms with Crippen LogP contribution in [0.1, 0.15) is 71.8 Å². The molecule has 0 aliphatic heterocycles. The molecule has 0 spiro atoms. The van der Waals surface area contributed by atoms with Crippen molar-refractivity contribution in [1.82, 2.24) is 5.32 Å². The smallest absolute Gasteiger partial charge is 0.407 e. The molecule has 1 N–H and O–H groups in total. The van der Waals surface area contributed by atoms with E-state index < -0.39 is 5.60 Å². The lowest BCUT2D eigenvalue weighted by atomic mass is 9.58. The summed E-state index contributed by atoms with van der Waals surface area (Å²) in [5.74, 6) is 1.57. The van der Waals surface area contributed by atoms with Gasteiger partial charge in [0.25, 0.3) is 0 Å². The topological polar surface area (TPSA) is 56.8 Å². The lowest BCUT2D eigenvalue weighted by Crippen LogP contribution is -2.54. The summed E-state index contributed by atoms with van der Waals surface area (Å²) in [6, 6.07) is 6.26. The second kappa shape index (κ2) is 8.29. The number of methoxy groups -OCH3 is 1. The van der Waals surface area contributed by atoms with E-state index in [-0.39, 0.29) is 23.7 Å². The van der Waals surface area contributed by atoms with Crippen molar-refractivity contribution >= 4 is 6.09 Å². The molecule has 0 saturated heterocycles. The molecule has 0 aromatic heterocycles. The highest BCUT2D eigenvalue weighted by Gasteiger charge is 2.47. The van der Waals surface area contributed by atoms with E-state index in [0.717, 1.165) is 42.8 Å². The van der Waals surface area contributed by atoms with Crippen LogP contribution in [-0.2, 0) is 10.2 Å². The van der Waals surface area contributed by atoms with Gasteiger partial charge in [-0.1, -0.05) is 18.2 Å². The zero-order chi connectivity index (χ0) is 21.2. The molecule has 1 aromatic rings. The average molecular weight is 402 g/mol. The van der Waals surface area contributed by atoms with Crippen molar-refractivity contribution in [3.8, 4) is 11.5 Å². The molecule has 3 rings (SSSR count). The summed E-state index contributed by atoms with van der Waals surface area (Å²) in [5, 5.41) is 2.99. The molecule has 0 unspecified atom stereocenters. The molecule has 0 heterocycles. The number of amides is 1. The molecule has 0 atom stereocenters. The predicted octanol–water partition coefficient (Wildman–Crippen LogP) is 5.52. The van der Waals surface area contributed by atoms with E-state index in [1.165, 1.54) is 18.4 Å². The number of hydrogen-bond acceptors (Lipinski definition) is 4. The van der Waals surface area contributed by atoms with Gasteiger partial charge in [0, 0.05) is 11.5 Å². The quantitative estimate of drug-likeness (QED) is 0.638. The Bertz CT molecular complexity index is 753. The first-order chi connectivity index (χ1) is 13.6. The number of benzene rings is 1. The molecule has 2 saturated carbocycles. The number of alkyl carbamates (subject to hydrolysis) is 1. The molecule has 160 valence electrons. The summed E-state index contributed by atoms with van der Waals surface area (Å²) in [6.07, 6.45) is 6.15. The Morgan fingerprint density at radius 1 is 1.17 bits per heavy atom. The van der Waals surface area contributed by atoms with Crippen LogP contribution in [0.5, 0.6) is 11.5 Å². The summed E-state index contributed by atoms with van der Waals surface area (Å²) < 4.78 is 17.2. The Balaban J connectivity index is 1.74. The van der Waals surface area contributed by atoms with Crippen molar-refractivity contribution < 1.29 is 19.0 Å². The van der Waals surface area contributed by atoms with Crippen molar-refractivity contribution in [2.45, 2.75) is 89.4 Å². The van der Waals surface area contributed by atoms with E-state index in [9.17, 15) is 4.79 Å². The maximum atomic E-state index is 12.1. The van der Waals surface area contributed by atoms with E-state index in [4.69, 9.17) is 14.2 Å². The molecule has 2 fully saturated rings. The summed E-state index contributed by atoms with van der Waals surface area (Å²) in [5.41, 5.74) is 1.60. The minimum atomic E-state index is -0.498. The first-order valence-corrected chi connectivity index (χ1v) is 10.6. The van der Waals surface area contributed by atoms with Crippen LogP contribution < -0.4 is 14.8 Å². The summed E-state index contributed by atoms with van der Waals surface area (Å²) in [6.45, 7) is 11.9. The average Bonchev–Trinajstić information content (AvgIpc) is 3.08. The van der Waals surface area contributed by atoms with Gasteiger partial charge in [-0.3, -0.25) is 0 Å². The second-order valence-electron chi connectivity index (χ2n) is 9.50. The molecular weight excluding hydrogens is 366 g/mol. The standard InChI is InChI=1S/C24H35NO4/c1-16(2)24(14-18(15-24)25-22(26)29-23(3,4)5)17-11-12-20(27-6)21(13-17)28-19-9-7-8-10-19/h11-13,18-19H,1,7-10,14-15H2,2-6H3,(H,25,26). The van der Waals surface area contributed by atoms with Gasteiger partial charge in [0.2, 0.25) is 0 Å². The Kier molecular flexibility index (Phi) is 6.16. The Morgan fingerprint density at radius 3 is 2.38 bits per heavy atom. The zero-order valence-electron chi connectivity index (χ0n) is 18.5. The van der Waals surface area contributed by atoms with E-state index in [2.05, 4.69) is 31.0 Å². The molecule has 2 aliphatic carbocycles. The minimum Gasteiger partial charge on any atom is -0.493 e. The highest BCUT2D eigenvalue weighted by molar-refractivity contribution is 5.68. The molecule has 5 heteroatoms. The van der Waals surface area contributed by atoms with Crippen LogP contribution >= 0.6 is 0 Å². The maximum absolute atomic E-state index is 12.1. The molecule has 5 nitrogen and oxygen atoms in total. The van der Waals surface area contributed by atoms with Crippen LogP contribution in [-0.4, -0.2) is 30.9 Å². The van der Waals surface area contributed by atoms with Crippen LogP contribution in [0, 0.1) is 0 Å². The van der Waals surface area contributed by atoms with Gasteiger partial charge in [0.05, 0.1) is 13.2 Å². The van der Waals surface area contributed by atoms with Gasteiger partial charge < -0.3 is 19.5 Å². The van der Waals surface area contributed by atoms with Crippen LogP contribution in [0.4, 0.5) is 4.79 Å². The maximum Gasteiger partial charge on any atom is 0.407 e. The number of ether oxygens (including phenoxy) is 3. The number of nitrogens with one attached hydrogen (secondary N) is 1. The van der Waals surface area contributed by atoms with Crippen LogP contribution in [0.2, 0.25) is 0 Å². The fraction of sp³-hybridized carbons (Fsp3) is 0.625. The molecule has 0 bridgehead atoms. The van der Waals surface area contributed by atoms with Gasteiger partial charge in [-0.25, -0.2) is 4.79 Å². The number of carbonyl (C=O) groups is 1. The first kappa shape index (κ1) is 21.5. The van der Waals surface area contributed by atoms with Gasteiger partial charge in [0.15, 0.2) is 11.5 Å². The largest absolute Gasteiger partial charge is 0.493 e. The second-order valence-corrected chi connectivity index (χ2v) is 9.50. The highest BCUT2D eigenvalue weighted by atomic mass is 16.6. The van der Waals surface area contributed by atoms with Crippen molar-refractivity contribution in [2.75, 3.05) is 7.11 Å². The van der Waals surface area contributed by atoms with Crippen LogP contribution in [0.15, 0.2) is 30.4 Å². The predicted molar refractivity (Wildman–Crippen MR) is 115 cm³/mol. The van der Waals surface area contributed by atoms with Gasteiger partial charge >= 0.3 is 6.09 Å². The third-order valence-corrected chi connectivity index (χ3v) is 6.04. The minimum absolute atomic E-state index is 0.0721. The lowest BCUT2D eigenvalue weighted by molar-refractivity contribution is 0.0446. The van der Waals surface area contributed by atoms with E-state index in [0.29, 0.717) is 0 Å². The SMILES string of the molecule is C=C(C)C1(c2ccc(OC)c(OC3CCCC3)c2)CC(NC(=O)OC(C)(C)C)C1.